The van der Waals surface area contributed by atoms with E-state index in [4.69, 9.17) is 16.3 Å². The molecule has 0 radical (unpaired) electrons. The lowest BCUT2D eigenvalue weighted by Gasteiger charge is -2.49. The van der Waals surface area contributed by atoms with Gasteiger partial charge in [-0.15, -0.1) is 0 Å². The third-order valence-corrected chi connectivity index (χ3v) is 10.2. The molecule has 240 valence electrons. The molecule has 4 aromatic carbocycles. The summed E-state index contributed by atoms with van der Waals surface area (Å²) in [5.41, 5.74) is -0.305. The third kappa shape index (κ3) is 3.99. The predicted octanol–water partition coefficient (Wildman–Crippen LogP) is 4.96. The standard InChI is InChI=1S/C37H29ClN4O6/c1-48-30-17-9-16-27(32(30)43)31-26-18-19-39-35(46)41(24-13-6-3-7-14-24)36(47)42(39)29(26)21-28-33(44)40(25-15-8-12-23(38)20-25)34(45)37(28,31)22-10-4-2-5-11-22/h2-18,20,28-29,31,43H,19,21H2,1H3/t28-,29+,31+,37+/m0/s1. The van der Waals surface area contributed by atoms with Crippen LogP contribution in [-0.2, 0) is 21.5 Å². The Balaban J connectivity index is 1.44. The van der Waals surface area contributed by atoms with Crippen LogP contribution in [-0.4, -0.2) is 38.0 Å². The molecule has 5 aromatic rings. The summed E-state index contributed by atoms with van der Waals surface area (Å²) in [6, 6.07) is 28.6. The average Bonchev–Trinajstić information content (AvgIpc) is 3.50. The van der Waals surface area contributed by atoms with Gasteiger partial charge < -0.3 is 9.84 Å². The number of ether oxygens (including phenoxy) is 1. The highest BCUT2D eigenvalue weighted by atomic mass is 35.5. The first-order valence-electron chi connectivity index (χ1n) is 15.5. The number of amides is 2. The Morgan fingerprint density at radius 1 is 0.833 bits per heavy atom. The minimum Gasteiger partial charge on any atom is -0.504 e. The number of carbonyl (C=O) groups excluding carboxylic acids is 2. The first-order valence-corrected chi connectivity index (χ1v) is 15.9. The predicted molar refractivity (Wildman–Crippen MR) is 179 cm³/mol. The molecule has 48 heavy (non-hydrogen) atoms. The highest BCUT2D eigenvalue weighted by Crippen LogP contribution is 2.63. The summed E-state index contributed by atoms with van der Waals surface area (Å²) in [7, 11) is 1.44. The topological polar surface area (TPSA) is 116 Å². The fraction of sp³-hybridized carbons (Fsp3) is 0.189. The lowest BCUT2D eigenvalue weighted by atomic mass is 9.53. The van der Waals surface area contributed by atoms with Crippen LogP contribution in [0.15, 0.2) is 124 Å². The van der Waals surface area contributed by atoms with E-state index in [1.165, 1.54) is 21.4 Å². The number of hydrogen-bond donors (Lipinski definition) is 1. The van der Waals surface area contributed by atoms with Gasteiger partial charge in [-0.2, -0.15) is 0 Å². The molecule has 1 N–H and O–H groups in total. The van der Waals surface area contributed by atoms with Gasteiger partial charge in [0, 0.05) is 16.5 Å². The molecule has 0 spiro atoms. The highest BCUT2D eigenvalue weighted by Gasteiger charge is 2.69. The summed E-state index contributed by atoms with van der Waals surface area (Å²) in [6.07, 6.45) is 1.90. The maximum atomic E-state index is 15.3. The summed E-state index contributed by atoms with van der Waals surface area (Å²) >= 11 is 6.36. The molecule has 11 heteroatoms. The van der Waals surface area contributed by atoms with Crippen molar-refractivity contribution in [3.63, 3.8) is 0 Å². The molecule has 1 saturated carbocycles. The van der Waals surface area contributed by atoms with Crippen LogP contribution in [0.4, 0.5) is 5.69 Å². The van der Waals surface area contributed by atoms with Crippen molar-refractivity contribution in [2.24, 2.45) is 5.92 Å². The molecule has 1 saturated heterocycles. The summed E-state index contributed by atoms with van der Waals surface area (Å²) < 4.78 is 9.40. The smallest absolute Gasteiger partial charge is 0.352 e. The van der Waals surface area contributed by atoms with Gasteiger partial charge in [-0.05, 0) is 54.0 Å². The molecule has 1 aliphatic carbocycles. The molecule has 0 bridgehead atoms. The number of para-hydroxylation sites is 2. The molecule has 2 amide bonds. The van der Waals surface area contributed by atoms with Gasteiger partial charge in [0.2, 0.25) is 11.8 Å². The lowest BCUT2D eigenvalue weighted by Crippen LogP contribution is -2.53. The van der Waals surface area contributed by atoms with E-state index in [0.29, 0.717) is 33.1 Å². The molecule has 2 aliphatic heterocycles. The van der Waals surface area contributed by atoms with Gasteiger partial charge >= 0.3 is 11.4 Å². The number of carbonyl (C=O) groups is 2. The number of hydrogen-bond acceptors (Lipinski definition) is 6. The highest BCUT2D eigenvalue weighted by molar-refractivity contribution is 6.32. The van der Waals surface area contributed by atoms with Gasteiger partial charge in [-0.25, -0.2) is 28.4 Å². The number of phenolic OH excluding ortho intramolecular Hbond substituents is 1. The van der Waals surface area contributed by atoms with Gasteiger partial charge in [0.05, 0.1) is 42.4 Å². The van der Waals surface area contributed by atoms with E-state index >= 15 is 4.79 Å². The fourth-order valence-corrected chi connectivity index (χ4v) is 8.27. The number of rotatable bonds is 5. The molecule has 1 aromatic heterocycles. The van der Waals surface area contributed by atoms with Crippen LogP contribution in [0.3, 0.4) is 0 Å². The number of aromatic nitrogens is 3. The van der Waals surface area contributed by atoms with Gasteiger partial charge in [0.25, 0.3) is 0 Å². The number of halogens is 1. The normalized spacial score (nSPS) is 22.9. The van der Waals surface area contributed by atoms with Crippen molar-refractivity contribution < 1.29 is 19.4 Å². The monoisotopic (exact) mass is 660 g/mol. The van der Waals surface area contributed by atoms with Gasteiger partial charge in [0.1, 0.15) is 0 Å². The maximum absolute atomic E-state index is 15.3. The summed E-state index contributed by atoms with van der Waals surface area (Å²) in [6.45, 7) is 0.0383. The minimum atomic E-state index is -1.54. The van der Waals surface area contributed by atoms with E-state index in [1.54, 1.807) is 72.8 Å². The van der Waals surface area contributed by atoms with E-state index < -0.39 is 46.5 Å². The number of phenols is 1. The van der Waals surface area contributed by atoms with E-state index in [1.807, 2.05) is 36.4 Å². The van der Waals surface area contributed by atoms with Crippen LogP contribution in [0.25, 0.3) is 5.69 Å². The van der Waals surface area contributed by atoms with Gasteiger partial charge in [-0.1, -0.05) is 84.4 Å². The quantitative estimate of drug-likeness (QED) is 0.210. The fourth-order valence-electron chi connectivity index (χ4n) is 8.09. The van der Waals surface area contributed by atoms with E-state index in [-0.39, 0.29) is 24.5 Å². The van der Waals surface area contributed by atoms with Crippen LogP contribution in [0, 0.1) is 5.92 Å². The molecule has 0 unspecified atom stereocenters. The SMILES string of the molecule is COc1cccc([C@H]2C3=CCn4c(=O)n(-c5ccccc5)c(=O)n4[C@@H]3C[C@H]3C(=O)N(c4cccc(Cl)c4)C(=O)[C@@]23c2ccccc2)c1O. The number of nitrogens with zero attached hydrogens (tertiary/aromatic N) is 4. The van der Waals surface area contributed by atoms with E-state index in [0.717, 1.165) is 4.57 Å². The number of aromatic hydroxyl groups is 1. The summed E-state index contributed by atoms with van der Waals surface area (Å²) in [5, 5.41) is 12.1. The van der Waals surface area contributed by atoms with Crippen LogP contribution < -0.4 is 21.0 Å². The summed E-state index contributed by atoms with van der Waals surface area (Å²) in [4.78, 5) is 59.2. The molecule has 10 nitrogen and oxygen atoms in total. The van der Waals surface area contributed by atoms with Crippen molar-refractivity contribution in [1.82, 2.24) is 13.9 Å². The zero-order valence-electron chi connectivity index (χ0n) is 25.7. The number of benzene rings is 4. The first-order chi connectivity index (χ1) is 23.3. The molecular formula is C37H29ClN4O6. The van der Waals surface area contributed by atoms with Crippen molar-refractivity contribution in [1.29, 1.82) is 0 Å². The Hall–Kier alpha value is -5.61. The number of fused-ring (bicyclic) bond motifs is 4. The number of imide groups is 1. The Morgan fingerprint density at radius 3 is 2.23 bits per heavy atom. The van der Waals surface area contributed by atoms with Crippen molar-refractivity contribution >= 4 is 29.1 Å². The molecule has 3 aliphatic rings. The zero-order valence-corrected chi connectivity index (χ0v) is 26.4. The lowest BCUT2D eigenvalue weighted by molar-refractivity contribution is -0.124. The molecule has 8 rings (SSSR count). The van der Waals surface area contributed by atoms with Gasteiger partial charge in [0.15, 0.2) is 11.5 Å². The first kappa shape index (κ1) is 29.8. The summed E-state index contributed by atoms with van der Waals surface area (Å²) in [5.74, 6) is -2.87. The second-order valence-electron chi connectivity index (χ2n) is 12.2. The van der Waals surface area contributed by atoms with E-state index in [9.17, 15) is 19.5 Å². The van der Waals surface area contributed by atoms with Crippen molar-refractivity contribution in [3.05, 3.63) is 152 Å². The molecule has 4 atom stereocenters. The van der Waals surface area contributed by atoms with Crippen molar-refractivity contribution in [2.45, 2.75) is 30.3 Å². The number of anilines is 1. The number of methoxy groups -OCH3 is 1. The second kappa shape index (κ2) is 11.0. The minimum absolute atomic E-state index is 0.0383. The van der Waals surface area contributed by atoms with Crippen LogP contribution >= 0.6 is 11.6 Å². The average molecular weight is 661 g/mol. The molecule has 3 heterocycles. The van der Waals surface area contributed by atoms with Crippen molar-refractivity contribution in [2.75, 3.05) is 12.0 Å². The van der Waals surface area contributed by atoms with Crippen molar-refractivity contribution in [3.8, 4) is 17.2 Å². The maximum Gasteiger partial charge on any atom is 0.352 e. The Bertz CT molecular complexity index is 2270. The zero-order chi connectivity index (χ0) is 33.3. The molecular weight excluding hydrogens is 632 g/mol. The largest absolute Gasteiger partial charge is 0.504 e. The third-order valence-electron chi connectivity index (χ3n) is 10.0. The van der Waals surface area contributed by atoms with E-state index in [2.05, 4.69) is 0 Å². The Morgan fingerprint density at radius 2 is 1.52 bits per heavy atom. The Labute approximate surface area is 279 Å². The van der Waals surface area contributed by atoms with Crippen LogP contribution in [0.5, 0.6) is 11.5 Å². The van der Waals surface area contributed by atoms with Gasteiger partial charge in [-0.3, -0.25) is 9.59 Å². The molecule has 2 fully saturated rings. The van der Waals surface area contributed by atoms with Crippen LogP contribution in [0.2, 0.25) is 5.02 Å². The Kier molecular flexibility index (Phi) is 6.81. The number of allylic oxidation sites excluding steroid dienone is 2. The van der Waals surface area contributed by atoms with Crippen LogP contribution in [0.1, 0.15) is 29.5 Å². The second-order valence-corrected chi connectivity index (χ2v) is 12.6.